The van der Waals surface area contributed by atoms with Crippen molar-refractivity contribution in [1.29, 1.82) is 0 Å². The first kappa shape index (κ1) is 10.6. The molecule has 2 N–H and O–H groups in total. The Bertz CT molecular complexity index is 443. The van der Waals surface area contributed by atoms with Crippen molar-refractivity contribution >= 4 is 6.08 Å². The molecule has 1 heterocycles. The molecule has 0 radical (unpaired) electrons. The molecule has 3 nitrogen and oxygen atoms in total. The standard InChI is InChI=1S/C13H14N2O/c16-9-1-2-11-3-5-12(6-4-11)10-13-14-7-8-15-13/h1-8,16H,9-10H2,(H,14,15). The number of imidazole rings is 1. The molecule has 0 aliphatic heterocycles. The first-order valence-corrected chi connectivity index (χ1v) is 5.23. The van der Waals surface area contributed by atoms with Crippen molar-refractivity contribution in [2.45, 2.75) is 6.42 Å². The molecule has 2 rings (SSSR count). The minimum absolute atomic E-state index is 0.0775. The fraction of sp³-hybridized carbons (Fsp3) is 0.154. The van der Waals surface area contributed by atoms with Gasteiger partial charge in [0.1, 0.15) is 5.82 Å². The zero-order chi connectivity index (χ0) is 11.2. The number of aromatic nitrogens is 2. The van der Waals surface area contributed by atoms with E-state index in [0.717, 1.165) is 17.8 Å². The minimum Gasteiger partial charge on any atom is -0.392 e. The summed E-state index contributed by atoms with van der Waals surface area (Å²) < 4.78 is 0. The van der Waals surface area contributed by atoms with Gasteiger partial charge in [-0.15, -0.1) is 0 Å². The van der Waals surface area contributed by atoms with E-state index in [1.807, 2.05) is 24.4 Å². The molecular weight excluding hydrogens is 200 g/mol. The molecule has 0 saturated carbocycles. The van der Waals surface area contributed by atoms with Gasteiger partial charge in [0.15, 0.2) is 0 Å². The third-order valence-electron chi connectivity index (χ3n) is 2.32. The van der Waals surface area contributed by atoms with Crippen LogP contribution in [0.15, 0.2) is 42.7 Å². The van der Waals surface area contributed by atoms with Gasteiger partial charge in [0.2, 0.25) is 0 Å². The Balaban J connectivity index is 2.05. The average Bonchev–Trinajstić information content (AvgIpc) is 2.81. The van der Waals surface area contributed by atoms with Crippen LogP contribution in [0.5, 0.6) is 0 Å². The fourth-order valence-corrected chi connectivity index (χ4v) is 1.52. The number of rotatable bonds is 4. The van der Waals surface area contributed by atoms with E-state index in [9.17, 15) is 0 Å². The van der Waals surface area contributed by atoms with Crippen molar-refractivity contribution in [2.75, 3.05) is 6.61 Å². The number of nitrogens with one attached hydrogen (secondary N) is 1. The molecule has 1 aromatic carbocycles. The number of H-pyrrole nitrogens is 1. The maximum absolute atomic E-state index is 8.65. The Labute approximate surface area is 94.5 Å². The third kappa shape index (κ3) is 2.81. The lowest BCUT2D eigenvalue weighted by Crippen LogP contribution is -1.90. The van der Waals surface area contributed by atoms with Crippen molar-refractivity contribution in [1.82, 2.24) is 9.97 Å². The molecule has 0 aliphatic carbocycles. The van der Waals surface area contributed by atoms with Gasteiger partial charge in [0.05, 0.1) is 6.61 Å². The molecule has 0 unspecified atom stereocenters. The second-order valence-corrected chi connectivity index (χ2v) is 3.54. The molecule has 0 fully saturated rings. The second kappa shape index (κ2) is 5.28. The van der Waals surface area contributed by atoms with E-state index in [4.69, 9.17) is 5.11 Å². The molecule has 2 aromatic rings. The van der Waals surface area contributed by atoms with Gasteiger partial charge in [-0.3, -0.25) is 0 Å². The highest BCUT2D eigenvalue weighted by Gasteiger charge is 1.97. The van der Waals surface area contributed by atoms with Crippen LogP contribution < -0.4 is 0 Å². The van der Waals surface area contributed by atoms with Crippen LogP contribution in [0.4, 0.5) is 0 Å². The van der Waals surface area contributed by atoms with Crippen molar-refractivity contribution in [2.24, 2.45) is 0 Å². The molecule has 1 aromatic heterocycles. The zero-order valence-corrected chi connectivity index (χ0v) is 8.93. The summed E-state index contributed by atoms with van der Waals surface area (Å²) in [7, 11) is 0. The summed E-state index contributed by atoms with van der Waals surface area (Å²) in [5.41, 5.74) is 2.31. The summed E-state index contributed by atoms with van der Waals surface area (Å²) >= 11 is 0. The number of hydrogen-bond acceptors (Lipinski definition) is 2. The molecular formula is C13H14N2O. The normalized spacial score (nSPS) is 11.1. The molecule has 0 amide bonds. The van der Waals surface area contributed by atoms with Gasteiger partial charge >= 0.3 is 0 Å². The first-order valence-electron chi connectivity index (χ1n) is 5.23. The monoisotopic (exact) mass is 214 g/mol. The van der Waals surface area contributed by atoms with E-state index in [0.29, 0.717) is 0 Å². The van der Waals surface area contributed by atoms with Gasteiger partial charge in [-0.25, -0.2) is 4.98 Å². The zero-order valence-electron chi connectivity index (χ0n) is 8.93. The van der Waals surface area contributed by atoms with Gasteiger partial charge in [-0.1, -0.05) is 36.4 Å². The Morgan fingerprint density at radius 3 is 2.69 bits per heavy atom. The molecule has 0 atom stereocenters. The van der Waals surface area contributed by atoms with Gasteiger partial charge in [0.25, 0.3) is 0 Å². The number of nitrogens with zero attached hydrogens (tertiary/aromatic N) is 1. The maximum atomic E-state index is 8.65. The molecule has 0 bridgehead atoms. The third-order valence-corrected chi connectivity index (χ3v) is 2.32. The average molecular weight is 214 g/mol. The minimum atomic E-state index is 0.0775. The highest BCUT2D eigenvalue weighted by molar-refractivity contribution is 5.49. The lowest BCUT2D eigenvalue weighted by Gasteiger charge is -1.99. The summed E-state index contributed by atoms with van der Waals surface area (Å²) in [6.45, 7) is 0.0775. The van der Waals surface area contributed by atoms with E-state index in [1.165, 1.54) is 5.56 Å². The van der Waals surface area contributed by atoms with E-state index in [-0.39, 0.29) is 6.61 Å². The topological polar surface area (TPSA) is 48.9 Å². The second-order valence-electron chi connectivity index (χ2n) is 3.54. The molecule has 0 spiro atoms. The number of aromatic amines is 1. The van der Waals surface area contributed by atoms with Gasteiger partial charge < -0.3 is 10.1 Å². The predicted molar refractivity (Wildman–Crippen MR) is 64.0 cm³/mol. The smallest absolute Gasteiger partial charge is 0.110 e. The van der Waals surface area contributed by atoms with Gasteiger partial charge in [-0.05, 0) is 11.1 Å². The lowest BCUT2D eigenvalue weighted by atomic mass is 10.1. The largest absolute Gasteiger partial charge is 0.392 e. The molecule has 0 saturated heterocycles. The number of aliphatic hydroxyl groups is 1. The van der Waals surface area contributed by atoms with Crippen LogP contribution in [0.3, 0.4) is 0 Å². The number of hydrogen-bond donors (Lipinski definition) is 2. The molecule has 16 heavy (non-hydrogen) atoms. The van der Waals surface area contributed by atoms with Crippen molar-refractivity contribution < 1.29 is 5.11 Å². The van der Waals surface area contributed by atoms with E-state index in [1.54, 1.807) is 12.3 Å². The van der Waals surface area contributed by atoms with E-state index >= 15 is 0 Å². The highest BCUT2D eigenvalue weighted by atomic mass is 16.2. The number of benzene rings is 1. The molecule has 0 aliphatic rings. The highest BCUT2D eigenvalue weighted by Crippen LogP contribution is 2.09. The first-order chi connectivity index (χ1) is 7.88. The van der Waals surface area contributed by atoms with Crippen LogP contribution in [-0.4, -0.2) is 21.7 Å². The van der Waals surface area contributed by atoms with Crippen LogP contribution in [0, 0.1) is 0 Å². The molecule has 82 valence electrons. The van der Waals surface area contributed by atoms with Crippen molar-refractivity contribution in [3.05, 3.63) is 59.7 Å². The van der Waals surface area contributed by atoms with Crippen LogP contribution in [0.2, 0.25) is 0 Å². The summed E-state index contributed by atoms with van der Waals surface area (Å²) in [5, 5.41) is 8.65. The van der Waals surface area contributed by atoms with Crippen LogP contribution in [0.1, 0.15) is 17.0 Å². The Hall–Kier alpha value is -1.87. The SMILES string of the molecule is OCC=Cc1ccc(Cc2ncc[nH]2)cc1. The fourth-order valence-electron chi connectivity index (χ4n) is 1.52. The summed E-state index contributed by atoms with van der Waals surface area (Å²) in [6.07, 6.45) is 8.02. The Morgan fingerprint density at radius 1 is 1.25 bits per heavy atom. The lowest BCUT2D eigenvalue weighted by molar-refractivity contribution is 0.343. The summed E-state index contributed by atoms with van der Waals surface area (Å²) in [4.78, 5) is 7.26. The number of aliphatic hydroxyl groups excluding tert-OH is 1. The van der Waals surface area contributed by atoms with Gasteiger partial charge in [-0.2, -0.15) is 0 Å². The Kier molecular flexibility index (Phi) is 3.51. The van der Waals surface area contributed by atoms with Crippen LogP contribution in [0.25, 0.3) is 6.08 Å². The Morgan fingerprint density at radius 2 is 2.06 bits per heavy atom. The summed E-state index contributed by atoms with van der Waals surface area (Å²) in [5.74, 6) is 0.971. The van der Waals surface area contributed by atoms with Gasteiger partial charge in [0, 0.05) is 18.8 Å². The van der Waals surface area contributed by atoms with E-state index in [2.05, 4.69) is 22.1 Å². The van der Waals surface area contributed by atoms with Crippen LogP contribution in [-0.2, 0) is 6.42 Å². The predicted octanol–water partition coefficient (Wildman–Crippen LogP) is 2.01. The van der Waals surface area contributed by atoms with E-state index < -0.39 is 0 Å². The van der Waals surface area contributed by atoms with Crippen molar-refractivity contribution in [3.63, 3.8) is 0 Å². The summed E-state index contributed by atoms with van der Waals surface area (Å²) in [6, 6.07) is 8.20. The van der Waals surface area contributed by atoms with Crippen LogP contribution >= 0.6 is 0 Å². The quantitative estimate of drug-likeness (QED) is 0.817. The molecule has 3 heteroatoms. The van der Waals surface area contributed by atoms with Crippen molar-refractivity contribution in [3.8, 4) is 0 Å². The maximum Gasteiger partial charge on any atom is 0.110 e.